The molecule has 142 valence electrons. The molecule has 1 aromatic rings. The molecule has 2 N–H and O–H groups in total. The summed E-state index contributed by atoms with van der Waals surface area (Å²) in [5.41, 5.74) is 0.810. The fourth-order valence-corrected chi connectivity index (χ4v) is 7.23. The molecule has 5 rings (SSSR count). The zero-order valence-electron chi connectivity index (χ0n) is 15.3. The number of rotatable bonds is 6. The van der Waals surface area contributed by atoms with Crippen LogP contribution in [0, 0.1) is 17.8 Å². The average molecular weight is 377 g/mol. The van der Waals surface area contributed by atoms with Gasteiger partial charge in [0.2, 0.25) is 15.9 Å². The maximum Gasteiger partial charge on any atom is 0.241 e. The standard InChI is InChI=1S/C20H28N2O3S/c1-14(23)21-7-6-15-2-4-19(5-3-15)26(24,25)22-20-11-16-8-17(12-20)10-18(9-16)13-20/h2-5,16-18,22H,6-13H2,1H3,(H,21,23). The van der Waals surface area contributed by atoms with E-state index in [4.69, 9.17) is 0 Å². The van der Waals surface area contributed by atoms with Crippen LogP contribution in [0.5, 0.6) is 0 Å². The first-order valence-corrected chi connectivity index (χ1v) is 11.2. The predicted octanol–water partition coefficient (Wildman–Crippen LogP) is 2.61. The van der Waals surface area contributed by atoms with Gasteiger partial charge in [0.25, 0.3) is 0 Å². The highest BCUT2D eigenvalue weighted by atomic mass is 32.2. The van der Waals surface area contributed by atoms with Crippen molar-refractivity contribution in [1.82, 2.24) is 10.0 Å². The molecule has 1 aromatic carbocycles. The molecule has 4 fully saturated rings. The number of benzene rings is 1. The van der Waals surface area contributed by atoms with Crippen molar-refractivity contribution in [2.75, 3.05) is 6.54 Å². The monoisotopic (exact) mass is 376 g/mol. The molecule has 0 saturated heterocycles. The molecule has 4 aliphatic carbocycles. The van der Waals surface area contributed by atoms with Crippen LogP contribution < -0.4 is 10.0 Å². The van der Waals surface area contributed by atoms with E-state index in [9.17, 15) is 13.2 Å². The van der Waals surface area contributed by atoms with Crippen molar-refractivity contribution in [3.05, 3.63) is 29.8 Å². The first kappa shape index (κ1) is 18.0. The van der Waals surface area contributed by atoms with E-state index in [1.54, 1.807) is 12.1 Å². The van der Waals surface area contributed by atoms with Gasteiger partial charge in [-0.05, 0) is 80.4 Å². The second-order valence-corrected chi connectivity index (χ2v) is 10.4. The summed E-state index contributed by atoms with van der Waals surface area (Å²) in [7, 11) is -3.49. The van der Waals surface area contributed by atoms with Gasteiger partial charge in [-0.1, -0.05) is 12.1 Å². The van der Waals surface area contributed by atoms with Crippen LogP contribution in [0.1, 0.15) is 51.0 Å². The van der Waals surface area contributed by atoms with Crippen molar-refractivity contribution in [1.29, 1.82) is 0 Å². The minimum atomic E-state index is -3.49. The second kappa shape index (κ2) is 6.64. The summed E-state index contributed by atoms with van der Waals surface area (Å²) in [6.45, 7) is 2.05. The average Bonchev–Trinajstić information content (AvgIpc) is 2.52. The van der Waals surface area contributed by atoms with Crippen LogP contribution in [0.4, 0.5) is 0 Å². The van der Waals surface area contributed by atoms with E-state index in [0.717, 1.165) is 24.8 Å². The fourth-order valence-electron chi connectivity index (χ4n) is 5.80. The molecule has 4 bridgehead atoms. The Morgan fingerprint density at radius 2 is 1.58 bits per heavy atom. The van der Waals surface area contributed by atoms with E-state index >= 15 is 0 Å². The third kappa shape index (κ3) is 3.67. The molecule has 1 amide bonds. The number of carbonyl (C=O) groups excluding carboxylic acids is 1. The number of carbonyl (C=O) groups is 1. The van der Waals surface area contributed by atoms with Crippen molar-refractivity contribution in [3.8, 4) is 0 Å². The Morgan fingerprint density at radius 3 is 2.08 bits per heavy atom. The summed E-state index contributed by atoms with van der Waals surface area (Å²) in [4.78, 5) is 11.3. The van der Waals surface area contributed by atoms with E-state index in [1.165, 1.54) is 26.2 Å². The lowest BCUT2D eigenvalue weighted by atomic mass is 9.53. The lowest BCUT2D eigenvalue weighted by Crippen LogP contribution is -2.59. The van der Waals surface area contributed by atoms with Gasteiger partial charge in [0, 0.05) is 19.0 Å². The molecule has 4 saturated carbocycles. The topological polar surface area (TPSA) is 75.3 Å². The van der Waals surface area contributed by atoms with Crippen molar-refractivity contribution < 1.29 is 13.2 Å². The van der Waals surface area contributed by atoms with Crippen LogP contribution in [-0.2, 0) is 21.2 Å². The van der Waals surface area contributed by atoms with Gasteiger partial charge in [-0.25, -0.2) is 13.1 Å². The van der Waals surface area contributed by atoms with Crippen molar-refractivity contribution >= 4 is 15.9 Å². The summed E-state index contributed by atoms with van der Waals surface area (Å²) in [6, 6.07) is 7.06. The Bertz CT molecular complexity index is 750. The SMILES string of the molecule is CC(=O)NCCc1ccc(S(=O)(=O)NC23CC4CC(CC(C4)C2)C3)cc1. The van der Waals surface area contributed by atoms with Gasteiger partial charge < -0.3 is 5.32 Å². The van der Waals surface area contributed by atoms with Crippen LogP contribution in [0.15, 0.2) is 29.2 Å². The normalized spacial score (nSPS) is 32.6. The van der Waals surface area contributed by atoms with Crippen molar-refractivity contribution in [2.24, 2.45) is 17.8 Å². The van der Waals surface area contributed by atoms with Gasteiger partial charge in [0.1, 0.15) is 0 Å². The van der Waals surface area contributed by atoms with Gasteiger partial charge >= 0.3 is 0 Å². The van der Waals surface area contributed by atoms with Gasteiger partial charge in [0.15, 0.2) is 0 Å². The molecule has 0 spiro atoms. The van der Waals surface area contributed by atoms with E-state index < -0.39 is 10.0 Å². The molecule has 0 unspecified atom stereocenters. The molecule has 0 aromatic heterocycles. The lowest BCUT2D eigenvalue weighted by molar-refractivity contribution is -0.118. The molecular weight excluding hydrogens is 348 g/mol. The number of amides is 1. The summed E-state index contributed by atoms with van der Waals surface area (Å²) in [5.74, 6) is 2.07. The van der Waals surface area contributed by atoms with Gasteiger partial charge in [-0.3, -0.25) is 4.79 Å². The Hall–Kier alpha value is -1.40. The Kier molecular flexibility index (Phi) is 4.59. The minimum Gasteiger partial charge on any atom is -0.356 e. The van der Waals surface area contributed by atoms with Gasteiger partial charge in [0.05, 0.1) is 4.90 Å². The fraction of sp³-hybridized carbons (Fsp3) is 0.650. The smallest absolute Gasteiger partial charge is 0.241 e. The number of hydrogen-bond acceptors (Lipinski definition) is 3. The van der Waals surface area contributed by atoms with E-state index in [2.05, 4.69) is 10.0 Å². The lowest BCUT2D eigenvalue weighted by Gasteiger charge is -2.56. The van der Waals surface area contributed by atoms with E-state index in [1.807, 2.05) is 12.1 Å². The van der Waals surface area contributed by atoms with Crippen molar-refractivity contribution in [3.63, 3.8) is 0 Å². The van der Waals surface area contributed by atoms with Crippen LogP contribution >= 0.6 is 0 Å². The maximum atomic E-state index is 13.0. The summed E-state index contributed by atoms with van der Waals surface area (Å²) in [6.07, 6.45) is 7.60. The number of sulfonamides is 1. The summed E-state index contributed by atoms with van der Waals surface area (Å²) < 4.78 is 29.0. The van der Waals surface area contributed by atoms with E-state index in [-0.39, 0.29) is 11.4 Å². The van der Waals surface area contributed by atoms with Crippen LogP contribution in [0.3, 0.4) is 0 Å². The van der Waals surface area contributed by atoms with E-state index in [0.29, 0.717) is 35.6 Å². The molecule has 0 aliphatic heterocycles. The Balaban J connectivity index is 1.44. The Morgan fingerprint density at radius 1 is 1.04 bits per heavy atom. The first-order chi connectivity index (χ1) is 12.3. The molecule has 5 nitrogen and oxygen atoms in total. The third-order valence-corrected chi connectivity index (χ3v) is 8.00. The molecule has 0 atom stereocenters. The zero-order valence-corrected chi connectivity index (χ0v) is 16.1. The van der Waals surface area contributed by atoms with Gasteiger partial charge in [-0.15, -0.1) is 0 Å². The predicted molar refractivity (Wildman–Crippen MR) is 100 cm³/mol. The highest BCUT2D eigenvalue weighted by Crippen LogP contribution is 2.55. The molecule has 0 heterocycles. The number of hydrogen-bond donors (Lipinski definition) is 2. The minimum absolute atomic E-state index is 0.0519. The largest absolute Gasteiger partial charge is 0.356 e. The summed E-state index contributed by atoms with van der Waals surface area (Å²) in [5, 5.41) is 2.75. The van der Waals surface area contributed by atoms with Crippen LogP contribution in [-0.4, -0.2) is 26.4 Å². The second-order valence-electron chi connectivity index (χ2n) is 8.68. The molecule has 4 aliphatic rings. The molecule has 0 radical (unpaired) electrons. The zero-order chi connectivity index (χ0) is 18.4. The molecule has 6 heteroatoms. The van der Waals surface area contributed by atoms with Gasteiger partial charge in [-0.2, -0.15) is 0 Å². The van der Waals surface area contributed by atoms with Crippen molar-refractivity contribution in [2.45, 2.75) is 62.3 Å². The molecular formula is C20H28N2O3S. The maximum absolute atomic E-state index is 13.0. The highest BCUT2D eigenvalue weighted by Gasteiger charge is 2.52. The first-order valence-electron chi connectivity index (χ1n) is 9.71. The molecule has 26 heavy (non-hydrogen) atoms. The highest BCUT2D eigenvalue weighted by molar-refractivity contribution is 7.89. The number of nitrogens with one attached hydrogen (secondary N) is 2. The quantitative estimate of drug-likeness (QED) is 0.801. The van der Waals surface area contributed by atoms with Crippen LogP contribution in [0.25, 0.3) is 0 Å². The Labute approximate surface area is 156 Å². The van der Waals surface area contributed by atoms with Crippen LogP contribution in [0.2, 0.25) is 0 Å². The third-order valence-electron chi connectivity index (χ3n) is 6.41. The summed E-state index contributed by atoms with van der Waals surface area (Å²) >= 11 is 0.